The molecule has 108 valence electrons. The molecule has 2 heteroatoms. The summed E-state index contributed by atoms with van der Waals surface area (Å²) in [6, 6.07) is 9.41. The molecule has 0 fully saturated rings. The summed E-state index contributed by atoms with van der Waals surface area (Å²) in [6.07, 6.45) is 4.58. The summed E-state index contributed by atoms with van der Waals surface area (Å²) in [6.45, 7) is 9.35. The Hall–Kier alpha value is -0.860. The topological polar surface area (TPSA) is 21.3 Å². The Kier molecular flexibility index (Phi) is 8.52. The van der Waals surface area contributed by atoms with E-state index in [1.807, 2.05) is 0 Å². The van der Waals surface area contributed by atoms with Crippen molar-refractivity contribution in [1.82, 2.24) is 5.32 Å². The molecular weight excluding hydrogens is 234 g/mol. The first-order valence-electron chi connectivity index (χ1n) is 7.67. The fourth-order valence-corrected chi connectivity index (χ4v) is 2.12. The molecule has 0 saturated carbocycles. The highest BCUT2D eigenvalue weighted by Gasteiger charge is 2.03. The van der Waals surface area contributed by atoms with Crippen LogP contribution in [0.4, 0.5) is 0 Å². The lowest BCUT2D eigenvalue weighted by Crippen LogP contribution is -2.21. The standard InChI is InChI=1S/C17H29NO/c1-4-7-16-8-10-17(11-9-16)15(3)18-12-6-14-19-13-5-2/h8-11,15,18H,4-7,12-14H2,1-3H3. The third kappa shape index (κ3) is 6.74. The minimum atomic E-state index is 0.418. The normalized spacial score (nSPS) is 12.6. The summed E-state index contributed by atoms with van der Waals surface area (Å²) in [5.74, 6) is 0. The van der Waals surface area contributed by atoms with Crippen molar-refractivity contribution in [2.75, 3.05) is 19.8 Å². The van der Waals surface area contributed by atoms with E-state index in [0.29, 0.717) is 6.04 Å². The summed E-state index contributed by atoms with van der Waals surface area (Å²) >= 11 is 0. The predicted octanol–water partition coefficient (Wildman–Crippen LogP) is 4.11. The minimum Gasteiger partial charge on any atom is -0.381 e. The number of ether oxygens (including phenoxy) is 1. The van der Waals surface area contributed by atoms with Crippen LogP contribution in [0.25, 0.3) is 0 Å². The molecule has 0 aromatic heterocycles. The van der Waals surface area contributed by atoms with Gasteiger partial charge in [0.05, 0.1) is 0 Å². The van der Waals surface area contributed by atoms with Crippen molar-refractivity contribution in [3.8, 4) is 0 Å². The number of hydrogen-bond donors (Lipinski definition) is 1. The van der Waals surface area contributed by atoms with Crippen LogP contribution in [-0.4, -0.2) is 19.8 Å². The second-order valence-electron chi connectivity index (χ2n) is 5.13. The van der Waals surface area contributed by atoms with Gasteiger partial charge in [-0.1, -0.05) is 44.5 Å². The Morgan fingerprint density at radius 2 is 1.79 bits per heavy atom. The largest absolute Gasteiger partial charge is 0.381 e. The van der Waals surface area contributed by atoms with Crippen molar-refractivity contribution in [1.29, 1.82) is 0 Å². The summed E-state index contributed by atoms with van der Waals surface area (Å²) in [4.78, 5) is 0. The Labute approximate surface area is 118 Å². The maximum Gasteiger partial charge on any atom is 0.0478 e. The zero-order valence-electron chi connectivity index (χ0n) is 12.7. The fourth-order valence-electron chi connectivity index (χ4n) is 2.12. The van der Waals surface area contributed by atoms with E-state index in [4.69, 9.17) is 4.74 Å². The highest BCUT2D eigenvalue weighted by molar-refractivity contribution is 5.24. The van der Waals surface area contributed by atoms with Crippen LogP contribution in [0, 0.1) is 0 Å². The first kappa shape index (κ1) is 16.2. The summed E-state index contributed by atoms with van der Waals surface area (Å²) in [7, 11) is 0. The average molecular weight is 263 g/mol. The van der Waals surface area contributed by atoms with Gasteiger partial charge in [0.25, 0.3) is 0 Å². The quantitative estimate of drug-likeness (QED) is 0.642. The molecule has 0 radical (unpaired) electrons. The van der Waals surface area contributed by atoms with Crippen LogP contribution in [-0.2, 0) is 11.2 Å². The summed E-state index contributed by atoms with van der Waals surface area (Å²) in [5.41, 5.74) is 2.81. The first-order chi connectivity index (χ1) is 9.27. The van der Waals surface area contributed by atoms with Gasteiger partial charge in [0.1, 0.15) is 0 Å². The van der Waals surface area contributed by atoms with E-state index in [0.717, 1.165) is 32.6 Å². The molecular formula is C17H29NO. The molecule has 1 atom stereocenters. The number of nitrogens with one attached hydrogen (secondary N) is 1. The van der Waals surface area contributed by atoms with Gasteiger partial charge < -0.3 is 10.1 Å². The lowest BCUT2D eigenvalue weighted by Gasteiger charge is -2.14. The van der Waals surface area contributed by atoms with Crippen LogP contribution in [0.2, 0.25) is 0 Å². The van der Waals surface area contributed by atoms with Gasteiger partial charge in [0, 0.05) is 19.3 Å². The van der Waals surface area contributed by atoms with Crippen molar-refractivity contribution >= 4 is 0 Å². The van der Waals surface area contributed by atoms with Gasteiger partial charge in [-0.15, -0.1) is 0 Å². The third-order valence-corrected chi connectivity index (χ3v) is 3.28. The molecule has 1 rings (SSSR count). The van der Waals surface area contributed by atoms with Gasteiger partial charge in [0.2, 0.25) is 0 Å². The van der Waals surface area contributed by atoms with Gasteiger partial charge in [-0.2, -0.15) is 0 Å². The van der Waals surface area contributed by atoms with Crippen LogP contribution >= 0.6 is 0 Å². The predicted molar refractivity (Wildman–Crippen MR) is 82.6 cm³/mol. The molecule has 0 saturated heterocycles. The molecule has 19 heavy (non-hydrogen) atoms. The zero-order valence-corrected chi connectivity index (χ0v) is 12.7. The smallest absolute Gasteiger partial charge is 0.0478 e. The molecule has 2 nitrogen and oxygen atoms in total. The van der Waals surface area contributed by atoms with E-state index in [1.165, 1.54) is 24.0 Å². The van der Waals surface area contributed by atoms with Gasteiger partial charge in [0.15, 0.2) is 0 Å². The minimum absolute atomic E-state index is 0.418. The molecule has 1 unspecified atom stereocenters. The average Bonchev–Trinajstić information content (AvgIpc) is 2.43. The van der Waals surface area contributed by atoms with E-state index in [9.17, 15) is 0 Å². The van der Waals surface area contributed by atoms with E-state index in [-0.39, 0.29) is 0 Å². The lowest BCUT2D eigenvalue weighted by molar-refractivity contribution is 0.132. The number of benzene rings is 1. The van der Waals surface area contributed by atoms with Crippen molar-refractivity contribution < 1.29 is 4.74 Å². The molecule has 0 spiro atoms. The Morgan fingerprint density at radius 1 is 1.05 bits per heavy atom. The number of hydrogen-bond acceptors (Lipinski definition) is 2. The third-order valence-electron chi connectivity index (χ3n) is 3.28. The van der Waals surface area contributed by atoms with Gasteiger partial charge in [-0.05, 0) is 43.9 Å². The molecule has 0 heterocycles. The molecule has 0 aliphatic rings. The first-order valence-corrected chi connectivity index (χ1v) is 7.67. The van der Waals surface area contributed by atoms with Crippen LogP contribution in [0.3, 0.4) is 0 Å². The van der Waals surface area contributed by atoms with Crippen LogP contribution < -0.4 is 5.32 Å². The van der Waals surface area contributed by atoms with Crippen molar-refractivity contribution in [2.45, 2.75) is 52.5 Å². The molecule has 0 bridgehead atoms. The van der Waals surface area contributed by atoms with Crippen LogP contribution in [0.1, 0.15) is 57.2 Å². The number of aryl methyl sites for hydroxylation is 1. The van der Waals surface area contributed by atoms with Crippen molar-refractivity contribution in [3.05, 3.63) is 35.4 Å². The molecule has 1 N–H and O–H groups in total. The summed E-state index contributed by atoms with van der Waals surface area (Å²) < 4.78 is 5.47. The lowest BCUT2D eigenvalue weighted by atomic mass is 10.0. The molecule has 0 aliphatic heterocycles. The van der Waals surface area contributed by atoms with Gasteiger partial charge >= 0.3 is 0 Å². The zero-order chi connectivity index (χ0) is 13.9. The van der Waals surface area contributed by atoms with Crippen LogP contribution in [0.5, 0.6) is 0 Å². The Balaban J connectivity index is 2.23. The maximum atomic E-state index is 5.47. The van der Waals surface area contributed by atoms with E-state index in [1.54, 1.807) is 0 Å². The maximum absolute atomic E-state index is 5.47. The highest BCUT2D eigenvalue weighted by atomic mass is 16.5. The van der Waals surface area contributed by atoms with E-state index < -0.39 is 0 Å². The number of rotatable bonds is 10. The van der Waals surface area contributed by atoms with Crippen molar-refractivity contribution in [2.24, 2.45) is 0 Å². The highest BCUT2D eigenvalue weighted by Crippen LogP contribution is 2.14. The molecule has 1 aromatic carbocycles. The van der Waals surface area contributed by atoms with E-state index in [2.05, 4.69) is 50.4 Å². The van der Waals surface area contributed by atoms with Gasteiger partial charge in [-0.25, -0.2) is 0 Å². The van der Waals surface area contributed by atoms with Crippen LogP contribution in [0.15, 0.2) is 24.3 Å². The second-order valence-corrected chi connectivity index (χ2v) is 5.13. The molecule has 0 aliphatic carbocycles. The SMILES string of the molecule is CCCOCCCNC(C)c1ccc(CCC)cc1. The molecule has 1 aromatic rings. The Morgan fingerprint density at radius 3 is 2.42 bits per heavy atom. The van der Waals surface area contributed by atoms with Gasteiger partial charge in [-0.3, -0.25) is 0 Å². The van der Waals surface area contributed by atoms with Crippen molar-refractivity contribution in [3.63, 3.8) is 0 Å². The summed E-state index contributed by atoms with van der Waals surface area (Å²) in [5, 5.41) is 3.55. The van der Waals surface area contributed by atoms with E-state index >= 15 is 0 Å². The molecule has 0 amide bonds. The second kappa shape index (κ2) is 9.99. The monoisotopic (exact) mass is 263 g/mol. The fraction of sp³-hybridized carbons (Fsp3) is 0.647. The Bertz CT molecular complexity index is 321.